The quantitative estimate of drug-likeness (QED) is 0.362. The molecule has 0 spiro atoms. The number of rotatable bonds is 7. The maximum absolute atomic E-state index is 13.1. The van der Waals surface area contributed by atoms with Crippen molar-refractivity contribution < 1.29 is 4.79 Å². The topological polar surface area (TPSA) is 59.8 Å². The summed E-state index contributed by atoms with van der Waals surface area (Å²) in [7, 11) is 0. The largest absolute Gasteiger partial charge is 0.325 e. The van der Waals surface area contributed by atoms with Crippen LogP contribution in [0.1, 0.15) is 31.5 Å². The fourth-order valence-electron chi connectivity index (χ4n) is 3.69. The molecule has 1 aliphatic carbocycles. The molecule has 1 N–H and O–H groups in total. The van der Waals surface area contributed by atoms with Crippen molar-refractivity contribution in [2.45, 2.75) is 36.1 Å². The van der Waals surface area contributed by atoms with Crippen molar-refractivity contribution in [2.75, 3.05) is 5.32 Å². The standard InChI is InChI=1S/C26H24N4OS/c1-18(25(31)27-23-15-9-8-14-22(23)19-10-4-2-5-11-19)32-26-29-28-24(20-16-17-20)30(26)21-12-6-3-7-13-21/h2-15,18,20H,16-17H2,1H3,(H,27,31). The van der Waals surface area contributed by atoms with Crippen molar-refractivity contribution in [1.29, 1.82) is 0 Å². The van der Waals surface area contributed by atoms with Gasteiger partial charge in [0.15, 0.2) is 5.16 Å². The summed E-state index contributed by atoms with van der Waals surface area (Å²) >= 11 is 1.44. The van der Waals surface area contributed by atoms with E-state index < -0.39 is 0 Å². The van der Waals surface area contributed by atoms with Gasteiger partial charge in [-0.05, 0) is 43.5 Å². The first-order valence-corrected chi connectivity index (χ1v) is 11.7. The molecule has 0 bridgehead atoms. The van der Waals surface area contributed by atoms with Crippen LogP contribution in [0, 0.1) is 0 Å². The number of nitrogens with one attached hydrogen (secondary N) is 1. The van der Waals surface area contributed by atoms with Gasteiger partial charge in [0.2, 0.25) is 5.91 Å². The Morgan fingerprint density at radius 1 is 0.938 bits per heavy atom. The van der Waals surface area contributed by atoms with Gasteiger partial charge in [0.25, 0.3) is 0 Å². The smallest absolute Gasteiger partial charge is 0.237 e. The molecule has 3 aromatic carbocycles. The zero-order valence-corrected chi connectivity index (χ0v) is 18.6. The fraction of sp³-hybridized carbons (Fsp3) is 0.192. The SMILES string of the molecule is CC(Sc1nnc(C2CC2)n1-c1ccccc1)C(=O)Nc1ccccc1-c1ccccc1. The van der Waals surface area contributed by atoms with Gasteiger partial charge in [-0.1, -0.05) is 78.5 Å². The minimum absolute atomic E-state index is 0.0611. The van der Waals surface area contributed by atoms with Gasteiger partial charge in [0.05, 0.1) is 5.25 Å². The number of para-hydroxylation sites is 2. The number of benzene rings is 3. The van der Waals surface area contributed by atoms with E-state index in [1.54, 1.807) is 0 Å². The van der Waals surface area contributed by atoms with Crippen LogP contribution in [0.25, 0.3) is 16.8 Å². The number of hydrogen-bond acceptors (Lipinski definition) is 4. The highest BCUT2D eigenvalue weighted by molar-refractivity contribution is 8.00. The van der Waals surface area contributed by atoms with Crippen LogP contribution in [-0.4, -0.2) is 25.9 Å². The summed E-state index contributed by atoms with van der Waals surface area (Å²) in [5.41, 5.74) is 3.91. The van der Waals surface area contributed by atoms with E-state index in [9.17, 15) is 4.79 Å². The molecule has 160 valence electrons. The highest BCUT2D eigenvalue weighted by Crippen LogP contribution is 2.41. The molecule has 1 amide bonds. The minimum atomic E-state index is -0.336. The molecular weight excluding hydrogens is 416 g/mol. The molecule has 4 aromatic rings. The third-order valence-corrected chi connectivity index (χ3v) is 6.58. The number of carbonyl (C=O) groups excluding carboxylic acids is 1. The predicted octanol–water partition coefficient (Wildman–Crippen LogP) is 5.93. The Bertz CT molecular complexity index is 1220. The maximum atomic E-state index is 13.1. The molecule has 1 fully saturated rings. The molecule has 5 nitrogen and oxygen atoms in total. The van der Waals surface area contributed by atoms with Gasteiger partial charge < -0.3 is 5.32 Å². The van der Waals surface area contributed by atoms with Gasteiger partial charge in [0.1, 0.15) is 5.82 Å². The molecular formula is C26H24N4OS. The zero-order chi connectivity index (χ0) is 21.9. The predicted molar refractivity (Wildman–Crippen MR) is 129 cm³/mol. The summed E-state index contributed by atoms with van der Waals surface area (Å²) in [6, 6.07) is 28.1. The molecule has 6 heteroatoms. The first-order valence-electron chi connectivity index (χ1n) is 10.8. The van der Waals surface area contributed by atoms with Gasteiger partial charge in [-0.2, -0.15) is 0 Å². The van der Waals surface area contributed by atoms with E-state index in [2.05, 4.69) is 32.2 Å². The van der Waals surface area contributed by atoms with Crippen molar-refractivity contribution >= 4 is 23.4 Å². The molecule has 5 rings (SSSR count). The van der Waals surface area contributed by atoms with E-state index in [1.807, 2.05) is 79.7 Å². The van der Waals surface area contributed by atoms with E-state index in [0.29, 0.717) is 5.92 Å². The monoisotopic (exact) mass is 440 g/mol. The van der Waals surface area contributed by atoms with Crippen LogP contribution in [0.4, 0.5) is 5.69 Å². The number of amides is 1. The number of nitrogens with zero attached hydrogens (tertiary/aromatic N) is 3. The Morgan fingerprint density at radius 2 is 1.59 bits per heavy atom. The van der Waals surface area contributed by atoms with Crippen molar-refractivity contribution in [3.8, 4) is 16.8 Å². The average molecular weight is 441 g/mol. The van der Waals surface area contributed by atoms with E-state index >= 15 is 0 Å². The summed E-state index contributed by atoms with van der Waals surface area (Å²) < 4.78 is 2.10. The third-order valence-electron chi connectivity index (χ3n) is 5.54. The van der Waals surface area contributed by atoms with Crippen LogP contribution >= 0.6 is 11.8 Å². The molecule has 1 saturated carbocycles. The second-order valence-electron chi connectivity index (χ2n) is 7.95. The van der Waals surface area contributed by atoms with Crippen LogP contribution in [0.15, 0.2) is 90.1 Å². The lowest BCUT2D eigenvalue weighted by molar-refractivity contribution is -0.115. The molecule has 1 aliphatic rings. The number of aromatic nitrogens is 3. The normalized spacial score (nSPS) is 14.2. The molecule has 1 unspecified atom stereocenters. The maximum Gasteiger partial charge on any atom is 0.237 e. The van der Waals surface area contributed by atoms with E-state index in [-0.39, 0.29) is 11.2 Å². The lowest BCUT2D eigenvalue weighted by atomic mass is 10.0. The molecule has 1 aromatic heterocycles. The van der Waals surface area contributed by atoms with Crippen molar-refractivity contribution in [3.63, 3.8) is 0 Å². The van der Waals surface area contributed by atoms with E-state index in [1.165, 1.54) is 11.8 Å². The van der Waals surface area contributed by atoms with Crippen molar-refractivity contribution in [3.05, 3.63) is 90.8 Å². The van der Waals surface area contributed by atoms with Crippen LogP contribution < -0.4 is 5.32 Å². The Morgan fingerprint density at radius 3 is 2.31 bits per heavy atom. The Labute approximate surface area is 191 Å². The molecule has 0 aliphatic heterocycles. The first-order chi connectivity index (χ1) is 15.7. The number of carbonyl (C=O) groups is 1. The number of anilines is 1. The summed E-state index contributed by atoms with van der Waals surface area (Å²) in [5, 5.41) is 12.4. The number of thioether (sulfide) groups is 1. The lowest BCUT2D eigenvalue weighted by Crippen LogP contribution is -2.23. The van der Waals surface area contributed by atoms with Gasteiger partial charge in [0, 0.05) is 22.9 Å². The molecule has 0 saturated heterocycles. The molecule has 32 heavy (non-hydrogen) atoms. The third kappa shape index (κ3) is 4.32. The van der Waals surface area contributed by atoms with E-state index in [0.717, 1.165) is 46.3 Å². The van der Waals surface area contributed by atoms with Gasteiger partial charge in [-0.15, -0.1) is 10.2 Å². The number of hydrogen-bond donors (Lipinski definition) is 1. The fourth-order valence-corrected chi connectivity index (χ4v) is 4.57. The highest BCUT2D eigenvalue weighted by Gasteiger charge is 2.32. The van der Waals surface area contributed by atoms with Crippen LogP contribution in [-0.2, 0) is 4.79 Å². The van der Waals surface area contributed by atoms with Crippen LogP contribution in [0.5, 0.6) is 0 Å². The average Bonchev–Trinajstić information content (AvgIpc) is 3.60. The lowest BCUT2D eigenvalue weighted by Gasteiger charge is -2.16. The molecule has 1 heterocycles. The Hall–Kier alpha value is -3.38. The van der Waals surface area contributed by atoms with Crippen LogP contribution in [0.2, 0.25) is 0 Å². The summed E-state index contributed by atoms with van der Waals surface area (Å²) in [6.07, 6.45) is 2.28. The summed E-state index contributed by atoms with van der Waals surface area (Å²) in [5.74, 6) is 1.38. The highest BCUT2D eigenvalue weighted by atomic mass is 32.2. The summed E-state index contributed by atoms with van der Waals surface area (Å²) in [4.78, 5) is 13.1. The van der Waals surface area contributed by atoms with Gasteiger partial charge in [-0.3, -0.25) is 9.36 Å². The van der Waals surface area contributed by atoms with Gasteiger partial charge >= 0.3 is 0 Å². The first kappa shape index (κ1) is 20.5. The summed E-state index contributed by atoms with van der Waals surface area (Å²) in [6.45, 7) is 1.91. The molecule has 1 atom stereocenters. The molecule has 0 radical (unpaired) electrons. The second-order valence-corrected chi connectivity index (χ2v) is 9.25. The second kappa shape index (κ2) is 9.01. The van der Waals surface area contributed by atoms with Crippen molar-refractivity contribution in [2.24, 2.45) is 0 Å². The zero-order valence-electron chi connectivity index (χ0n) is 17.8. The van der Waals surface area contributed by atoms with Gasteiger partial charge in [-0.25, -0.2) is 0 Å². The Balaban J connectivity index is 1.37. The van der Waals surface area contributed by atoms with Crippen molar-refractivity contribution in [1.82, 2.24) is 14.8 Å². The minimum Gasteiger partial charge on any atom is -0.325 e. The van der Waals surface area contributed by atoms with E-state index in [4.69, 9.17) is 0 Å². The van der Waals surface area contributed by atoms with Crippen LogP contribution in [0.3, 0.4) is 0 Å². The Kier molecular flexibility index (Phi) is 5.77.